The molecule has 18 heavy (non-hydrogen) atoms. The molecule has 2 rings (SSSR count). The molecule has 0 bridgehead atoms. The van der Waals surface area contributed by atoms with Gasteiger partial charge in [-0.1, -0.05) is 23.2 Å². The van der Waals surface area contributed by atoms with Crippen LogP contribution in [-0.4, -0.2) is 10.4 Å². The SMILES string of the molecule is CC(=O)c1cc(C)n(-c2ccc(Cl)c(Cl)c2)c1C. The van der Waals surface area contributed by atoms with Gasteiger partial charge in [-0.05, 0) is 45.0 Å². The second kappa shape index (κ2) is 4.79. The van der Waals surface area contributed by atoms with Gasteiger partial charge in [0, 0.05) is 22.6 Å². The van der Waals surface area contributed by atoms with Gasteiger partial charge in [0.25, 0.3) is 0 Å². The maximum absolute atomic E-state index is 11.5. The first-order valence-electron chi connectivity index (χ1n) is 5.57. The van der Waals surface area contributed by atoms with E-state index in [1.54, 1.807) is 19.1 Å². The average Bonchev–Trinajstić information content (AvgIpc) is 2.59. The van der Waals surface area contributed by atoms with Crippen LogP contribution in [0.2, 0.25) is 10.0 Å². The van der Waals surface area contributed by atoms with Crippen molar-refractivity contribution in [3.05, 3.63) is 51.3 Å². The van der Waals surface area contributed by atoms with Crippen LogP contribution < -0.4 is 0 Å². The third-order valence-electron chi connectivity index (χ3n) is 2.97. The first-order valence-corrected chi connectivity index (χ1v) is 6.32. The Kier molecular flexibility index (Phi) is 3.51. The lowest BCUT2D eigenvalue weighted by Gasteiger charge is -2.10. The van der Waals surface area contributed by atoms with Gasteiger partial charge in [-0.2, -0.15) is 0 Å². The van der Waals surface area contributed by atoms with Gasteiger partial charge < -0.3 is 4.57 Å². The van der Waals surface area contributed by atoms with E-state index in [2.05, 4.69) is 0 Å². The van der Waals surface area contributed by atoms with Crippen LogP contribution >= 0.6 is 23.2 Å². The van der Waals surface area contributed by atoms with Crippen LogP contribution in [0, 0.1) is 13.8 Å². The number of rotatable bonds is 2. The standard InChI is InChI=1S/C14H13Cl2NO/c1-8-6-12(10(3)18)9(2)17(8)11-4-5-13(15)14(16)7-11/h4-7H,1-3H3. The van der Waals surface area contributed by atoms with E-state index in [-0.39, 0.29) is 5.78 Å². The molecule has 1 heterocycles. The Morgan fingerprint density at radius 1 is 1.11 bits per heavy atom. The maximum Gasteiger partial charge on any atom is 0.161 e. The smallest absolute Gasteiger partial charge is 0.161 e. The Labute approximate surface area is 116 Å². The lowest BCUT2D eigenvalue weighted by atomic mass is 10.2. The quantitative estimate of drug-likeness (QED) is 0.737. The summed E-state index contributed by atoms with van der Waals surface area (Å²) in [5.41, 5.74) is 3.56. The van der Waals surface area contributed by atoms with Gasteiger partial charge in [0.15, 0.2) is 5.78 Å². The van der Waals surface area contributed by atoms with Crippen LogP contribution in [0.5, 0.6) is 0 Å². The van der Waals surface area contributed by atoms with E-state index in [4.69, 9.17) is 23.2 Å². The van der Waals surface area contributed by atoms with E-state index in [1.807, 2.05) is 30.5 Å². The van der Waals surface area contributed by atoms with Crippen molar-refractivity contribution in [2.24, 2.45) is 0 Å². The summed E-state index contributed by atoms with van der Waals surface area (Å²) in [5, 5.41) is 1.03. The van der Waals surface area contributed by atoms with E-state index in [1.165, 1.54) is 0 Å². The van der Waals surface area contributed by atoms with E-state index >= 15 is 0 Å². The zero-order valence-electron chi connectivity index (χ0n) is 10.4. The number of hydrogen-bond donors (Lipinski definition) is 0. The highest BCUT2D eigenvalue weighted by molar-refractivity contribution is 6.42. The highest BCUT2D eigenvalue weighted by Crippen LogP contribution is 2.27. The van der Waals surface area contributed by atoms with Crippen LogP contribution in [0.1, 0.15) is 28.7 Å². The molecule has 1 aromatic carbocycles. The number of halogens is 2. The third kappa shape index (κ3) is 2.18. The minimum Gasteiger partial charge on any atom is -0.318 e. The molecular formula is C14H13Cl2NO. The van der Waals surface area contributed by atoms with Gasteiger partial charge in [0.05, 0.1) is 10.0 Å². The number of aryl methyl sites for hydroxylation is 1. The van der Waals surface area contributed by atoms with Crippen molar-refractivity contribution in [2.75, 3.05) is 0 Å². The molecule has 2 nitrogen and oxygen atoms in total. The predicted molar refractivity (Wildman–Crippen MR) is 75.3 cm³/mol. The summed E-state index contributed by atoms with van der Waals surface area (Å²) in [5.74, 6) is 0.0643. The molecule has 4 heteroatoms. The Hall–Kier alpha value is -1.25. The van der Waals surface area contributed by atoms with Gasteiger partial charge >= 0.3 is 0 Å². The lowest BCUT2D eigenvalue weighted by Crippen LogP contribution is -2.01. The van der Waals surface area contributed by atoms with Gasteiger partial charge in [0.1, 0.15) is 0 Å². The van der Waals surface area contributed by atoms with Crippen LogP contribution in [0.4, 0.5) is 0 Å². The summed E-state index contributed by atoms with van der Waals surface area (Å²) in [7, 11) is 0. The minimum atomic E-state index is 0.0643. The molecule has 0 atom stereocenters. The number of nitrogens with zero attached hydrogens (tertiary/aromatic N) is 1. The summed E-state index contributed by atoms with van der Waals surface area (Å²) < 4.78 is 2.00. The van der Waals surface area contributed by atoms with Gasteiger partial charge in [-0.15, -0.1) is 0 Å². The number of Topliss-reactive ketones (excluding diaryl/α,β-unsaturated/α-hetero) is 1. The topological polar surface area (TPSA) is 22.0 Å². The molecule has 0 aliphatic rings. The molecule has 0 aliphatic heterocycles. The molecule has 0 radical (unpaired) electrons. The zero-order valence-corrected chi connectivity index (χ0v) is 11.9. The number of hydrogen-bond acceptors (Lipinski definition) is 1. The van der Waals surface area contributed by atoms with Crippen molar-refractivity contribution < 1.29 is 4.79 Å². The summed E-state index contributed by atoms with van der Waals surface area (Å²) in [6.45, 7) is 5.45. The zero-order chi connectivity index (χ0) is 13.4. The van der Waals surface area contributed by atoms with Crippen LogP contribution in [0.3, 0.4) is 0 Å². The molecule has 0 amide bonds. The molecule has 0 spiro atoms. The first kappa shape index (κ1) is 13.2. The van der Waals surface area contributed by atoms with E-state index < -0.39 is 0 Å². The number of aromatic nitrogens is 1. The molecule has 0 unspecified atom stereocenters. The molecular weight excluding hydrogens is 269 g/mol. The fourth-order valence-electron chi connectivity index (χ4n) is 2.14. The van der Waals surface area contributed by atoms with Crippen LogP contribution in [-0.2, 0) is 0 Å². The van der Waals surface area contributed by atoms with Crippen molar-refractivity contribution >= 4 is 29.0 Å². The molecule has 0 aliphatic carbocycles. The normalized spacial score (nSPS) is 10.7. The lowest BCUT2D eigenvalue weighted by molar-refractivity contribution is 0.101. The number of carbonyl (C=O) groups is 1. The first-order chi connectivity index (χ1) is 8.41. The fraction of sp³-hybridized carbons (Fsp3) is 0.214. The molecule has 94 valence electrons. The Morgan fingerprint density at radius 3 is 2.28 bits per heavy atom. The molecule has 0 fully saturated rings. The third-order valence-corrected chi connectivity index (χ3v) is 3.71. The maximum atomic E-state index is 11.5. The summed E-state index contributed by atoms with van der Waals surface area (Å²) in [6.07, 6.45) is 0. The second-order valence-electron chi connectivity index (χ2n) is 4.27. The molecule has 0 saturated heterocycles. The molecule has 0 N–H and O–H groups in total. The Morgan fingerprint density at radius 2 is 1.78 bits per heavy atom. The number of benzene rings is 1. The monoisotopic (exact) mass is 281 g/mol. The van der Waals surface area contributed by atoms with Crippen molar-refractivity contribution in [3.63, 3.8) is 0 Å². The highest BCUT2D eigenvalue weighted by atomic mass is 35.5. The predicted octanol–water partition coefficient (Wildman–Crippen LogP) is 4.60. The van der Waals surface area contributed by atoms with Crippen LogP contribution in [0.15, 0.2) is 24.3 Å². The van der Waals surface area contributed by atoms with Gasteiger partial charge in [0.2, 0.25) is 0 Å². The largest absolute Gasteiger partial charge is 0.318 e. The highest BCUT2D eigenvalue weighted by Gasteiger charge is 2.14. The van der Waals surface area contributed by atoms with E-state index in [0.717, 1.165) is 22.6 Å². The van der Waals surface area contributed by atoms with Crippen LogP contribution in [0.25, 0.3) is 5.69 Å². The van der Waals surface area contributed by atoms with Crippen molar-refractivity contribution in [2.45, 2.75) is 20.8 Å². The molecule has 1 aromatic heterocycles. The second-order valence-corrected chi connectivity index (χ2v) is 5.09. The minimum absolute atomic E-state index is 0.0643. The average molecular weight is 282 g/mol. The summed E-state index contributed by atoms with van der Waals surface area (Å²) in [4.78, 5) is 11.5. The van der Waals surface area contributed by atoms with E-state index in [0.29, 0.717) is 10.0 Å². The van der Waals surface area contributed by atoms with Crippen molar-refractivity contribution in [3.8, 4) is 5.69 Å². The molecule has 0 saturated carbocycles. The van der Waals surface area contributed by atoms with Crippen molar-refractivity contribution in [1.82, 2.24) is 4.57 Å². The number of carbonyl (C=O) groups excluding carboxylic acids is 1. The summed E-state index contributed by atoms with van der Waals surface area (Å²) >= 11 is 11.9. The molecule has 2 aromatic rings. The Balaban J connectivity index is 2.64. The van der Waals surface area contributed by atoms with E-state index in [9.17, 15) is 4.79 Å². The number of ketones is 1. The summed E-state index contributed by atoms with van der Waals surface area (Å²) in [6, 6.07) is 7.33. The van der Waals surface area contributed by atoms with Gasteiger partial charge in [-0.3, -0.25) is 4.79 Å². The fourth-order valence-corrected chi connectivity index (χ4v) is 2.43. The Bertz CT molecular complexity index is 629. The van der Waals surface area contributed by atoms with Crippen molar-refractivity contribution in [1.29, 1.82) is 0 Å². The van der Waals surface area contributed by atoms with Gasteiger partial charge in [-0.25, -0.2) is 0 Å².